The van der Waals surface area contributed by atoms with Crippen LogP contribution in [0.5, 0.6) is 0 Å². The summed E-state index contributed by atoms with van der Waals surface area (Å²) in [5.41, 5.74) is 1.74. The maximum atomic E-state index is 12.2. The maximum Gasteiger partial charge on any atom is 0.315 e. The highest BCUT2D eigenvalue weighted by atomic mass is 16.3. The molecule has 0 aliphatic heterocycles. The highest BCUT2D eigenvalue weighted by Gasteiger charge is 2.27. The van der Waals surface area contributed by atoms with Crippen LogP contribution < -0.4 is 10.6 Å². The molecular weight excluding hydrogens is 332 g/mol. The Balaban J connectivity index is 1.28. The number of carbonyl (C=O) groups excluding carboxylic acids is 1. The molecule has 0 bridgehead atoms. The maximum absolute atomic E-state index is 12.2. The van der Waals surface area contributed by atoms with E-state index in [-0.39, 0.29) is 18.1 Å². The summed E-state index contributed by atoms with van der Waals surface area (Å²) in [5.74, 6) is 1.63. The minimum absolute atomic E-state index is 0.160. The summed E-state index contributed by atoms with van der Waals surface area (Å²) >= 11 is 0. The van der Waals surface area contributed by atoms with Crippen LogP contribution in [-0.2, 0) is 0 Å². The Morgan fingerprint density at radius 2 is 2.04 bits per heavy atom. The SMILES string of the molecule is CC(NC(=O)NC1CCC(c2nc3ccccc3o2)CC1)c1ncco1. The second-order valence-electron chi connectivity index (χ2n) is 6.78. The number of benzene rings is 1. The molecule has 0 saturated heterocycles. The molecule has 4 rings (SSSR count). The minimum Gasteiger partial charge on any atom is -0.447 e. The average Bonchev–Trinajstić information content (AvgIpc) is 3.32. The van der Waals surface area contributed by atoms with E-state index < -0.39 is 0 Å². The van der Waals surface area contributed by atoms with Gasteiger partial charge in [0.05, 0.1) is 6.20 Å². The molecule has 26 heavy (non-hydrogen) atoms. The van der Waals surface area contributed by atoms with Gasteiger partial charge < -0.3 is 19.5 Å². The van der Waals surface area contributed by atoms with E-state index in [2.05, 4.69) is 20.6 Å². The van der Waals surface area contributed by atoms with Gasteiger partial charge in [-0.3, -0.25) is 0 Å². The minimum atomic E-state index is -0.263. The normalized spacial score (nSPS) is 21.4. The predicted octanol–water partition coefficient (Wildman–Crippen LogP) is 3.90. The highest BCUT2D eigenvalue weighted by molar-refractivity contribution is 5.74. The first-order valence-electron chi connectivity index (χ1n) is 9.01. The molecule has 2 aromatic heterocycles. The van der Waals surface area contributed by atoms with E-state index in [1.54, 1.807) is 6.20 Å². The number of fused-ring (bicyclic) bond motifs is 1. The van der Waals surface area contributed by atoms with E-state index >= 15 is 0 Å². The van der Waals surface area contributed by atoms with E-state index in [4.69, 9.17) is 8.83 Å². The van der Waals surface area contributed by atoms with Gasteiger partial charge in [0, 0.05) is 12.0 Å². The van der Waals surface area contributed by atoms with Crippen molar-refractivity contribution in [3.63, 3.8) is 0 Å². The Morgan fingerprint density at radius 1 is 1.23 bits per heavy atom. The zero-order valence-electron chi connectivity index (χ0n) is 14.6. The van der Waals surface area contributed by atoms with Gasteiger partial charge in [0.1, 0.15) is 17.8 Å². The van der Waals surface area contributed by atoms with Crippen molar-refractivity contribution in [2.24, 2.45) is 0 Å². The fraction of sp³-hybridized carbons (Fsp3) is 0.421. The molecular formula is C19H22N4O3. The zero-order chi connectivity index (χ0) is 17.9. The van der Waals surface area contributed by atoms with Gasteiger partial charge in [0.25, 0.3) is 0 Å². The molecule has 1 aromatic carbocycles. The van der Waals surface area contributed by atoms with E-state index in [1.165, 1.54) is 6.26 Å². The molecule has 1 fully saturated rings. The number of hydrogen-bond donors (Lipinski definition) is 2. The molecule has 7 heteroatoms. The first-order chi connectivity index (χ1) is 12.7. The van der Waals surface area contributed by atoms with Crippen LogP contribution >= 0.6 is 0 Å². The topological polar surface area (TPSA) is 93.2 Å². The number of aromatic nitrogens is 2. The number of amides is 2. The van der Waals surface area contributed by atoms with Crippen molar-refractivity contribution in [2.75, 3.05) is 0 Å². The summed E-state index contributed by atoms with van der Waals surface area (Å²) in [7, 11) is 0. The van der Waals surface area contributed by atoms with Gasteiger partial charge in [0.15, 0.2) is 11.5 Å². The molecule has 2 heterocycles. The van der Waals surface area contributed by atoms with Crippen molar-refractivity contribution in [1.82, 2.24) is 20.6 Å². The second-order valence-corrected chi connectivity index (χ2v) is 6.78. The van der Waals surface area contributed by atoms with Gasteiger partial charge in [-0.1, -0.05) is 12.1 Å². The molecule has 1 atom stereocenters. The van der Waals surface area contributed by atoms with Gasteiger partial charge in [-0.05, 0) is 44.7 Å². The van der Waals surface area contributed by atoms with Gasteiger partial charge in [-0.15, -0.1) is 0 Å². The van der Waals surface area contributed by atoms with Crippen molar-refractivity contribution in [2.45, 2.75) is 50.6 Å². The van der Waals surface area contributed by atoms with Crippen LogP contribution in [0.25, 0.3) is 11.1 Å². The van der Waals surface area contributed by atoms with E-state index in [9.17, 15) is 4.79 Å². The van der Waals surface area contributed by atoms with Crippen molar-refractivity contribution in [1.29, 1.82) is 0 Å². The van der Waals surface area contributed by atoms with Crippen LogP contribution in [0.1, 0.15) is 56.3 Å². The fourth-order valence-electron chi connectivity index (χ4n) is 3.48. The molecule has 0 spiro atoms. The number of nitrogens with one attached hydrogen (secondary N) is 2. The molecule has 3 aromatic rings. The Bertz CT molecular complexity index is 833. The number of oxazole rings is 2. The Morgan fingerprint density at radius 3 is 2.77 bits per heavy atom. The van der Waals surface area contributed by atoms with Gasteiger partial charge in [-0.2, -0.15) is 0 Å². The predicted molar refractivity (Wildman–Crippen MR) is 95.6 cm³/mol. The smallest absolute Gasteiger partial charge is 0.315 e. The molecule has 2 N–H and O–H groups in total. The Hall–Kier alpha value is -2.83. The molecule has 136 valence electrons. The van der Waals surface area contributed by atoms with Gasteiger partial charge in [-0.25, -0.2) is 14.8 Å². The summed E-state index contributed by atoms with van der Waals surface area (Å²) < 4.78 is 11.1. The van der Waals surface area contributed by atoms with Crippen LogP contribution in [0, 0.1) is 0 Å². The average molecular weight is 354 g/mol. The van der Waals surface area contributed by atoms with E-state index in [0.717, 1.165) is 42.7 Å². The molecule has 1 aliphatic rings. The van der Waals surface area contributed by atoms with Gasteiger partial charge >= 0.3 is 6.03 Å². The van der Waals surface area contributed by atoms with E-state index in [1.807, 2.05) is 31.2 Å². The van der Waals surface area contributed by atoms with Crippen molar-refractivity contribution < 1.29 is 13.6 Å². The van der Waals surface area contributed by atoms with Crippen molar-refractivity contribution in [3.8, 4) is 0 Å². The molecule has 0 radical (unpaired) electrons. The standard InChI is InChI=1S/C19H22N4O3/c1-12(17-20-10-11-25-17)21-19(24)22-14-8-6-13(7-9-14)18-23-15-4-2-3-5-16(15)26-18/h2-5,10-14H,6-9H2,1H3,(H2,21,22,24). The number of urea groups is 1. The third-order valence-electron chi connectivity index (χ3n) is 4.89. The van der Waals surface area contributed by atoms with E-state index in [0.29, 0.717) is 11.8 Å². The number of carbonyl (C=O) groups is 1. The number of para-hydroxylation sites is 2. The lowest BCUT2D eigenvalue weighted by Gasteiger charge is -2.27. The summed E-state index contributed by atoms with van der Waals surface area (Å²) in [6.07, 6.45) is 6.78. The third-order valence-corrected chi connectivity index (χ3v) is 4.89. The molecule has 7 nitrogen and oxygen atoms in total. The fourth-order valence-corrected chi connectivity index (χ4v) is 3.48. The highest BCUT2D eigenvalue weighted by Crippen LogP contribution is 2.33. The monoisotopic (exact) mass is 354 g/mol. The van der Waals surface area contributed by atoms with Crippen molar-refractivity contribution in [3.05, 3.63) is 48.5 Å². The lowest BCUT2D eigenvalue weighted by Crippen LogP contribution is -2.44. The van der Waals surface area contributed by atoms with Crippen LogP contribution in [0.3, 0.4) is 0 Å². The van der Waals surface area contributed by atoms with Gasteiger partial charge in [0.2, 0.25) is 5.89 Å². The molecule has 1 saturated carbocycles. The second kappa shape index (κ2) is 7.19. The summed E-state index contributed by atoms with van der Waals surface area (Å²) in [5, 5.41) is 5.89. The molecule has 2 amide bonds. The van der Waals surface area contributed by atoms with Crippen LogP contribution in [0.15, 0.2) is 45.6 Å². The lowest BCUT2D eigenvalue weighted by molar-refractivity contribution is 0.225. The summed E-state index contributed by atoms with van der Waals surface area (Å²) in [6, 6.07) is 7.53. The lowest BCUT2D eigenvalue weighted by atomic mass is 9.86. The zero-order valence-corrected chi connectivity index (χ0v) is 14.6. The van der Waals surface area contributed by atoms with Crippen LogP contribution in [0.2, 0.25) is 0 Å². The Kier molecular flexibility index (Phi) is 4.60. The molecule has 1 aliphatic carbocycles. The third kappa shape index (κ3) is 3.56. The quantitative estimate of drug-likeness (QED) is 0.741. The van der Waals surface area contributed by atoms with Crippen LogP contribution in [0.4, 0.5) is 4.79 Å². The summed E-state index contributed by atoms with van der Waals surface area (Å²) in [6.45, 7) is 1.84. The number of nitrogens with zero attached hydrogens (tertiary/aromatic N) is 2. The summed E-state index contributed by atoms with van der Waals surface area (Å²) in [4.78, 5) is 20.8. The molecule has 1 unspecified atom stereocenters. The van der Waals surface area contributed by atoms with Crippen LogP contribution in [-0.4, -0.2) is 22.0 Å². The Labute approximate surface area is 151 Å². The number of hydrogen-bond acceptors (Lipinski definition) is 5. The first-order valence-corrected chi connectivity index (χ1v) is 9.01. The first kappa shape index (κ1) is 16.6. The number of rotatable bonds is 4. The van der Waals surface area contributed by atoms with Crippen molar-refractivity contribution >= 4 is 17.1 Å². The largest absolute Gasteiger partial charge is 0.447 e.